The molecular weight excluding hydrogens is 464 g/mol. The number of aromatic nitrogens is 2. The van der Waals surface area contributed by atoms with E-state index in [1.165, 1.54) is 4.90 Å². The van der Waals surface area contributed by atoms with Crippen LogP contribution < -0.4 is 5.62 Å². The molecule has 0 radical (unpaired) electrons. The molecule has 0 atom stereocenters. The fourth-order valence-corrected chi connectivity index (χ4v) is 4.41. The van der Waals surface area contributed by atoms with Crippen LogP contribution in [0.3, 0.4) is 0 Å². The first kappa shape index (κ1) is 28.0. The Bertz CT molecular complexity index is 1330. The molecule has 0 bridgehead atoms. The molecule has 7 heteroatoms. The topological polar surface area (TPSA) is 79.8 Å². The average Bonchev–Trinajstić information content (AvgIpc) is 3.14. The van der Waals surface area contributed by atoms with Gasteiger partial charge in [-0.15, -0.1) is 0 Å². The Morgan fingerprint density at radius 1 is 0.946 bits per heavy atom. The molecule has 2 aromatic carbocycles. The van der Waals surface area contributed by atoms with Crippen molar-refractivity contribution in [3.8, 4) is 5.75 Å². The smallest absolute Gasteiger partial charge is 0.271 e. The number of ketones is 1. The molecule has 1 heterocycles. The first-order valence-corrected chi connectivity index (χ1v) is 12.5. The Kier molecular flexibility index (Phi) is 7.86. The molecule has 0 saturated carbocycles. The number of imidazole rings is 1. The van der Waals surface area contributed by atoms with Crippen LogP contribution in [0.25, 0.3) is 0 Å². The quantitative estimate of drug-likeness (QED) is 0.492. The van der Waals surface area contributed by atoms with Gasteiger partial charge in [0, 0.05) is 44.0 Å². The highest BCUT2D eigenvalue weighted by Gasteiger charge is 2.28. The zero-order valence-electron chi connectivity index (χ0n) is 23.6. The van der Waals surface area contributed by atoms with Crippen molar-refractivity contribution in [1.82, 2.24) is 14.0 Å². The van der Waals surface area contributed by atoms with Gasteiger partial charge in [-0.2, -0.15) is 0 Å². The Morgan fingerprint density at radius 3 is 1.95 bits per heavy atom. The number of amides is 1. The van der Waals surface area contributed by atoms with E-state index < -0.39 is 0 Å². The molecule has 1 amide bonds. The highest BCUT2D eigenvalue weighted by molar-refractivity contribution is 5.97. The summed E-state index contributed by atoms with van der Waals surface area (Å²) < 4.78 is 3.59. The average molecular weight is 505 g/mol. The number of nitrogens with zero attached hydrogens (tertiary/aromatic N) is 4. The van der Waals surface area contributed by atoms with Gasteiger partial charge in [0.05, 0.1) is 13.1 Å². The second-order valence-corrected chi connectivity index (χ2v) is 11.8. The van der Waals surface area contributed by atoms with E-state index >= 15 is 0 Å². The van der Waals surface area contributed by atoms with Gasteiger partial charge in [0.1, 0.15) is 11.4 Å². The summed E-state index contributed by atoms with van der Waals surface area (Å²) in [6.07, 6.45) is 1.71. The van der Waals surface area contributed by atoms with Crippen LogP contribution in [0.4, 0.5) is 0 Å². The lowest BCUT2D eigenvalue weighted by molar-refractivity contribution is 0.0816. The van der Waals surface area contributed by atoms with Crippen molar-refractivity contribution in [3.63, 3.8) is 0 Å². The minimum absolute atomic E-state index is 0.0140. The third-order valence-electron chi connectivity index (χ3n) is 6.44. The monoisotopic (exact) mass is 504 g/mol. The van der Waals surface area contributed by atoms with Gasteiger partial charge in [-0.05, 0) is 28.5 Å². The molecule has 0 saturated heterocycles. The Labute approximate surface area is 220 Å². The van der Waals surface area contributed by atoms with Gasteiger partial charge in [0.2, 0.25) is 5.62 Å². The minimum atomic E-state index is -0.345. The summed E-state index contributed by atoms with van der Waals surface area (Å²) in [5, 5.41) is 11.1. The Morgan fingerprint density at radius 2 is 1.49 bits per heavy atom. The van der Waals surface area contributed by atoms with Crippen LogP contribution in [0.2, 0.25) is 0 Å². The lowest BCUT2D eigenvalue weighted by atomic mass is 9.78. The molecule has 37 heavy (non-hydrogen) atoms. The van der Waals surface area contributed by atoms with Crippen LogP contribution in [-0.4, -0.2) is 52.0 Å². The van der Waals surface area contributed by atoms with Gasteiger partial charge in [0.15, 0.2) is 5.78 Å². The van der Waals surface area contributed by atoms with Gasteiger partial charge < -0.3 is 19.1 Å². The third kappa shape index (κ3) is 6.04. The Balaban J connectivity index is 2.13. The van der Waals surface area contributed by atoms with Gasteiger partial charge >= 0.3 is 0 Å². The van der Waals surface area contributed by atoms with Crippen molar-refractivity contribution in [3.05, 3.63) is 82.2 Å². The number of carbonyl (C=O) groups excluding carboxylic acids is 2. The number of carbonyl (C=O) groups is 2. The predicted octanol–water partition coefficient (Wildman–Crippen LogP) is 4.75. The molecular formula is C30H40N4O3. The van der Waals surface area contributed by atoms with Crippen LogP contribution in [0, 0.1) is 0 Å². The molecule has 3 rings (SSSR count). The molecule has 1 aromatic heterocycles. The summed E-state index contributed by atoms with van der Waals surface area (Å²) in [7, 11) is 5.08. The number of rotatable bonds is 6. The highest BCUT2D eigenvalue weighted by atomic mass is 16.3. The number of hydrogen-bond donors (Lipinski definition) is 1. The molecule has 0 unspecified atom stereocenters. The number of phenolic OH excluding ortho intramolecular Hbond substituents is 1. The SMILES string of the molecule is CN=c1n(CC(=O)c2cc(C(C)(C)C)c(O)c(C(C)(C)C)c2)cc(C(=O)N(C)C)n1Cc1ccccc1. The normalized spacial score (nSPS) is 12.6. The van der Waals surface area contributed by atoms with Gasteiger partial charge in [-0.25, -0.2) is 0 Å². The van der Waals surface area contributed by atoms with Crippen molar-refractivity contribution >= 4 is 11.7 Å². The molecule has 1 N–H and O–H groups in total. The maximum atomic E-state index is 13.7. The lowest BCUT2D eigenvalue weighted by Crippen LogP contribution is -2.31. The second kappa shape index (κ2) is 10.4. The van der Waals surface area contributed by atoms with E-state index in [0.29, 0.717) is 23.4 Å². The van der Waals surface area contributed by atoms with E-state index in [1.54, 1.807) is 44.0 Å². The number of hydrogen-bond acceptors (Lipinski definition) is 4. The van der Waals surface area contributed by atoms with E-state index in [9.17, 15) is 14.7 Å². The van der Waals surface area contributed by atoms with Crippen molar-refractivity contribution in [1.29, 1.82) is 0 Å². The highest BCUT2D eigenvalue weighted by Crippen LogP contribution is 2.39. The molecule has 0 aliphatic rings. The lowest BCUT2D eigenvalue weighted by Gasteiger charge is -2.28. The van der Waals surface area contributed by atoms with Crippen molar-refractivity contribution in [2.45, 2.75) is 65.5 Å². The van der Waals surface area contributed by atoms with E-state index in [4.69, 9.17) is 0 Å². The first-order valence-electron chi connectivity index (χ1n) is 12.5. The minimum Gasteiger partial charge on any atom is -0.507 e. The van der Waals surface area contributed by atoms with E-state index in [0.717, 1.165) is 16.7 Å². The molecule has 0 fully saturated rings. The van der Waals surface area contributed by atoms with Crippen LogP contribution in [0.15, 0.2) is 53.7 Å². The van der Waals surface area contributed by atoms with E-state index in [-0.39, 0.29) is 34.8 Å². The molecule has 198 valence electrons. The standard InChI is InChI=1S/C30H40N4O3/c1-29(2,3)22-15-21(16-23(26(22)36)30(4,5)6)25(35)19-33-18-24(27(37)32(8)9)34(28(33)31-7)17-20-13-11-10-12-14-20/h10-16,18,36H,17,19H2,1-9H3. The van der Waals surface area contributed by atoms with Crippen molar-refractivity contribution < 1.29 is 14.7 Å². The summed E-state index contributed by atoms with van der Waals surface area (Å²) in [6, 6.07) is 13.4. The van der Waals surface area contributed by atoms with Gasteiger partial charge in [0.25, 0.3) is 5.91 Å². The van der Waals surface area contributed by atoms with Crippen LogP contribution in [-0.2, 0) is 23.9 Å². The summed E-state index contributed by atoms with van der Waals surface area (Å²) in [5.74, 6) is -0.0466. The molecule has 7 nitrogen and oxygen atoms in total. The second-order valence-electron chi connectivity index (χ2n) is 11.8. The summed E-state index contributed by atoms with van der Waals surface area (Å²) >= 11 is 0. The third-order valence-corrected chi connectivity index (χ3v) is 6.44. The number of Topliss-reactive ketones (excluding diaryl/α,β-unsaturated/α-hetero) is 1. The first-order chi connectivity index (χ1) is 17.1. The number of phenols is 1. The molecule has 0 spiro atoms. The van der Waals surface area contributed by atoms with E-state index in [2.05, 4.69) is 4.99 Å². The van der Waals surface area contributed by atoms with Crippen LogP contribution >= 0.6 is 0 Å². The molecule has 0 aliphatic heterocycles. The summed E-state index contributed by atoms with van der Waals surface area (Å²) in [5.41, 5.74) is 3.32. The van der Waals surface area contributed by atoms with Crippen LogP contribution in [0.1, 0.15) is 79.1 Å². The van der Waals surface area contributed by atoms with Gasteiger partial charge in [-0.1, -0.05) is 71.9 Å². The number of aromatic hydroxyl groups is 1. The van der Waals surface area contributed by atoms with Crippen molar-refractivity contribution in [2.24, 2.45) is 4.99 Å². The fraction of sp³-hybridized carbons (Fsp3) is 0.433. The maximum Gasteiger partial charge on any atom is 0.271 e. The number of benzene rings is 2. The zero-order valence-corrected chi connectivity index (χ0v) is 23.6. The zero-order chi connectivity index (χ0) is 27.7. The fourth-order valence-electron chi connectivity index (χ4n) is 4.41. The predicted molar refractivity (Wildman–Crippen MR) is 147 cm³/mol. The van der Waals surface area contributed by atoms with Gasteiger partial charge in [-0.3, -0.25) is 14.6 Å². The van der Waals surface area contributed by atoms with Crippen LogP contribution in [0.5, 0.6) is 5.75 Å². The molecule has 0 aliphatic carbocycles. The van der Waals surface area contributed by atoms with Crippen molar-refractivity contribution in [2.75, 3.05) is 21.1 Å². The summed E-state index contributed by atoms with van der Waals surface area (Å²) in [4.78, 5) is 32.8. The summed E-state index contributed by atoms with van der Waals surface area (Å²) in [6.45, 7) is 12.6. The maximum absolute atomic E-state index is 13.7. The van der Waals surface area contributed by atoms with E-state index in [1.807, 2.05) is 76.4 Å². The Hall–Kier alpha value is -3.61. The molecule has 3 aromatic rings. The largest absolute Gasteiger partial charge is 0.507 e.